The Hall–Kier alpha value is -0.220. The number of nitrogens with zero attached hydrogens (tertiary/aromatic N) is 3. The van der Waals surface area contributed by atoms with Gasteiger partial charge in [0, 0.05) is 12.4 Å². The highest BCUT2D eigenvalue weighted by molar-refractivity contribution is 7.80. The van der Waals surface area contributed by atoms with Gasteiger partial charge < -0.3 is 4.57 Å². The van der Waals surface area contributed by atoms with Gasteiger partial charge in [0.1, 0.15) is 5.82 Å². The first-order valence-electron chi connectivity index (χ1n) is 2.90. The number of rotatable bonds is 2. The molecule has 0 aromatic carbocycles. The smallest absolute Gasteiger partial charge is 0.188 e. The minimum atomic E-state index is 0.562. The summed E-state index contributed by atoms with van der Waals surface area (Å²) in [5.41, 5.74) is 0. The van der Waals surface area contributed by atoms with Gasteiger partial charge in [0.25, 0.3) is 0 Å². The quantitative estimate of drug-likeness (QED) is 0.542. The second kappa shape index (κ2) is 3.25. The van der Waals surface area contributed by atoms with Crippen LogP contribution in [0.5, 0.6) is 0 Å². The average molecular weight is 178 g/mol. The normalized spacial score (nSPS) is 10.3. The van der Waals surface area contributed by atoms with E-state index in [1.165, 1.54) is 0 Å². The number of aromatic nitrogens is 3. The number of aryl methyl sites for hydroxylation is 1. The van der Waals surface area contributed by atoms with Crippen molar-refractivity contribution in [1.29, 1.82) is 0 Å². The lowest BCUT2D eigenvalue weighted by atomic mass is 10.6. The lowest BCUT2D eigenvalue weighted by Gasteiger charge is -1.99. The predicted octanol–water partition coefficient (Wildman–Crippen LogP) is 1.11. The van der Waals surface area contributed by atoms with Crippen molar-refractivity contribution >= 4 is 24.2 Å². The Bertz CT molecular complexity index is 203. The molecule has 0 atom stereocenters. The van der Waals surface area contributed by atoms with Gasteiger partial charge in [-0.3, -0.25) is 0 Å². The van der Waals surface area contributed by atoms with Crippen molar-refractivity contribution in [3.63, 3.8) is 0 Å². The fraction of sp³-hybridized carbons (Fsp3) is 0.600. The number of halogens is 1. The van der Waals surface area contributed by atoms with E-state index in [1.54, 1.807) is 0 Å². The fourth-order valence-corrected chi connectivity index (χ4v) is 1.17. The first-order chi connectivity index (χ1) is 4.75. The highest BCUT2D eigenvalue weighted by Crippen LogP contribution is 2.04. The molecular formula is C5H8ClN3S. The largest absolute Gasteiger partial charge is 0.305 e. The zero-order chi connectivity index (χ0) is 7.56. The Labute approximate surface area is 69.8 Å². The third kappa shape index (κ3) is 1.44. The molecule has 0 unspecified atom stereocenters. The summed E-state index contributed by atoms with van der Waals surface area (Å²) in [4.78, 5) is 0. The second-order valence-corrected chi connectivity index (χ2v) is 2.67. The SMILES string of the molecule is Cc1nnc(S)n1CCCl. The maximum Gasteiger partial charge on any atom is 0.188 e. The Kier molecular flexibility index (Phi) is 2.56. The minimum Gasteiger partial charge on any atom is -0.305 e. The van der Waals surface area contributed by atoms with Crippen LogP contribution in [0, 0.1) is 6.92 Å². The number of alkyl halides is 1. The van der Waals surface area contributed by atoms with Gasteiger partial charge in [0.15, 0.2) is 5.16 Å². The summed E-state index contributed by atoms with van der Waals surface area (Å²) in [5.74, 6) is 1.41. The molecule has 0 spiro atoms. The molecule has 10 heavy (non-hydrogen) atoms. The molecule has 0 fully saturated rings. The molecule has 0 saturated heterocycles. The van der Waals surface area contributed by atoms with E-state index in [9.17, 15) is 0 Å². The summed E-state index contributed by atoms with van der Waals surface area (Å²) in [6.07, 6.45) is 0. The summed E-state index contributed by atoms with van der Waals surface area (Å²) >= 11 is 9.61. The molecule has 0 radical (unpaired) electrons. The molecule has 56 valence electrons. The minimum absolute atomic E-state index is 0.562. The van der Waals surface area contributed by atoms with Gasteiger partial charge in [-0.05, 0) is 6.92 Å². The highest BCUT2D eigenvalue weighted by atomic mass is 35.5. The van der Waals surface area contributed by atoms with Crippen LogP contribution in [0.3, 0.4) is 0 Å². The second-order valence-electron chi connectivity index (χ2n) is 1.89. The van der Waals surface area contributed by atoms with E-state index >= 15 is 0 Å². The molecule has 0 amide bonds. The van der Waals surface area contributed by atoms with Crippen LogP contribution in [0.1, 0.15) is 5.82 Å². The molecule has 0 saturated carbocycles. The van der Waals surface area contributed by atoms with E-state index in [-0.39, 0.29) is 0 Å². The van der Waals surface area contributed by atoms with Gasteiger partial charge in [-0.2, -0.15) is 0 Å². The van der Waals surface area contributed by atoms with E-state index < -0.39 is 0 Å². The summed E-state index contributed by atoms with van der Waals surface area (Å²) in [5, 5.41) is 8.19. The molecular weight excluding hydrogens is 170 g/mol. The van der Waals surface area contributed by atoms with Gasteiger partial charge in [-0.15, -0.1) is 34.4 Å². The maximum atomic E-state index is 5.53. The molecule has 3 nitrogen and oxygen atoms in total. The Balaban J connectivity index is 2.87. The summed E-state index contributed by atoms with van der Waals surface area (Å²) in [6.45, 7) is 2.60. The summed E-state index contributed by atoms with van der Waals surface area (Å²) in [7, 11) is 0. The third-order valence-electron chi connectivity index (χ3n) is 1.22. The van der Waals surface area contributed by atoms with E-state index in [1.807, 2.05) is 11.5 Å². The maximum absolute atomic E-state index is 5.53. The zero-order valence-electron chi connectivity index (χ0n) is 5.58. The summed E-state index contributed by atoms with van der Waals surface area (Å²) in [6, 6.07) is 0. The van der Waals surface area contributed by atoms with Gasteiger partial charge >= 0.3 is 0 Å². The predicted molar refractivity (Wildman–Crippen MR) is 42.7 cm³/mol. The number of hydrogen-bond donors (Lipinski definition) is 1. The Morgan fingerprint density at radius 1 is 1.60 bits per heavy atom. The van der Waals surface area contributed by atoms with Crippen LogP contribution in [0.15, 0.2) is 5.16 Å². The molecule has 0 aliphatic rings. The van der Waals surface area contributed by atoms with Crippen molar-refractivity contribution in [2.75, 3.05) is 5.88 Å². The zero-order valence-corrected chi connectivity index (χ0v) is 7.23. The van der Waals surface area contributed by atoms with E-state index in [2.05, 4.69) is 22.8 Å². The average Bonchev–Trinajstić information content (AvgIpc) is 2.20. The molecule has 1 aromatic heterocycles. The van der Waals surface area contributed by atoms with Gasteiger partial charge in [0.05, 0.1) is 0 Å². The van der Waals surface area contributed by atoms with Crippen LogP contribution >= 0.6 is 24.2 Å². The molecule has 1 aromatic rings. The summed E-state index contributed by atoms with van der Waals surface area (Å²) < 4.78 is 1.86. The molecule has 5 heteroatoms. The van der Waals surface area contributed by atoms with E-state index in [0.29, 0.717) is 11.0 Å². The van der Waals surface area contributed by atoms with Crippen molar-refractivity contribution in [2.24, 2.45) is 0 Å². The van der Waals surface area contributed by atoms with Gasteiger partial charge in [-0.25, -0.2) is 0 Å². The lowest BCUT2D eigenvalue weighted by Crippen LogP contribution is -2.01. The van der Waals surface area contributed by atoms with Crippen LogP contribution in [0.2, 0.25) is 0 Å². The molecule has 1 heterocycles. The molecule has 0 N–H and O–H groups in total. The van der Waals surface area contributed by atoms with Crippen LogP contribution < -0.4 is 0 Å². The molecule has 0 bridgehead atoms. The first-order valence-corrected chi connectivity index (χ1v) is 3.88. The fourth-order valence-electron chi connectivity index (χ4n) is 0.716. The third-order valence-corrected chi connectivity index (χ3v) is 1.72. The van der Waals surface area contributed by atoms with Crippen molar-refractivity contribution in [2.45, 2.75) is 18.6 Å². The molecule has 1 rings (SSSR count). The van der Waals surface area contributed by atoms with Crippen LogP contribution in [-0.2, 0) is 6.54 Å². The number of hydrogen-bond acceptors (Lipinski definition) is 3. The van der Waals surface area contributed by atoms with Crippen molar-refractivity contribution in [1.82, 2.24) is 14.8 Å². The Morgan fingerprint density at radius 3 is 2.70 bits per heavy atom. The van der Waals surface area contributed by atoms with Crippen LogP contribution in [0.4, 0.5) is 0 Å². The molecule has 0 aliphatic carbocycles. The molecule has 0 aliphatic heterocycles. The van der Waals surface area contributed by atoms with Crippen LogP contribution in [-0.4, -0.2) is 20.6 Å². The van der Waals surface area contributed by atoms with Crippen molar-refractivity contribution < 1.29 is 0 Å². The topological polar surface area (TPSA) is 30.7 Å². The van der Waals surface area contributed by atoms with Gasteiger partial charge in [0.2, 0.25) is 0 Å². The highest BCUT2D eigenvalue weighted by Gasteiger charge is 2.02. The van der Waals surface area contributed by atoms with Gasteiger partial charge in [-0.1, -0.05) is 0 Å². The first kappa shape index (κ1) is 7.88. The number of thiol groups is 1. The van der Waals surface area contributed by atoms with E-state index in [4.69, 9.17) is 11.6 Å². The Morgan fingerprint density at radius 2 is 2.30 bits per heavy atom. The lowest BCUT2D eigenvalue weighted by molar-refractivity contribution is 0.668. The standard InChI is InChI=1S/C5H8ClN3S/c1-4-7-8-5(10)9(4)3-2-6/h2-3H2,1H3,(H,8,10). The monoisotopic (exact) mass is 177 g/mol. The van der Waals surface area contributed by atoms with E-state index in [0.717, 1.165) is 12.4 Å². The van der Waals surface area contributed by atoms with Crippen LogP contribution in [0.25, 0.3) is 0 Å². The van der Waals surface area contributed by atoms with Crippen molar-refractivity contribution in [3.8, 4) is 0 Å². The van der Waals surface area contributed by atoms with Crippen molar-refractivity contribution in [3.05, 3.63) is 5.82 Å².